The van der Waals surface area contributed by atoms with E-state index >= 15 is 0 Å². The number of aryl methyl sites for hydroxylation is 1. The lowest BCUT2D eigenvalue weighted by Gasteiger charge is -2.03. The number of nitrogens with zero attached hydrogens (tertiary/aromatic N) is 1. The number of aromatic nitrogens is 1. The zero-order chi connectivity index (χ0) is 9.42. The third-order valence-electron chi connectivity index (χ3n) is 2.10. The second-order valence-corrected chi connectivity index (χ2v) is 3.83. The standard InChI is InChI=1S/C10H9BrN2/c1-6-7-2-5-10(12)13-9(7)4-3-8(6)11/h2-5H,1H3,(H2,12,13). The van der Waals surface area contributed by atoms with Gasteiger partial charge in [0.05, 0.1) is 5.52 Å². The van der Waals surface area contributed by atoms with Crippen LogP contribution in [0.15, 0.2) is 28.7 Å². The van der Waals surface area contributed by atoms with E-state index in [4.69, 9.17) is 5.73 Å². The largest absolute Gasteiger partial charge is 0.384 e. The monoisotopic (exact) mass is 236 g/mol. The average Bonchev–Trinajstić information content (AvgIpc) is 2.12. The summed E-state index contributed by atoms with van der Waals surface area (Å²) >= 11 is 3.48. The van der Waals surface area contributed by atoms with Crippen molar-refractivity contribution < 1.29 is 0 Å². The molecule has 2 N–H and O–H groups in total. The van der Waals surface area contributed by atoms with E-state index < -0.39 is 0 Å². The lowest BCUT2D eigenvalue weighted by atomic mass is 10.1. The van der Waals surface area contributed by atoms with Crippen LogP contribution in [-0.2, 0) is 0 Å². The minimum atomic E-state index is 0.564. The van der Waals surface area contributed by atoms with E-state index in [0.29, 0.717) is 5.82 Å². The Morgan fingerprint density at radius 2 is 2.00 bits per heavy atom. The molecule has 13 heavy (non-hydrogen) atoms. The number of anilines is 1. The number of hydrogen-bond acceptors (Lipinski definition) is 2. The molecule has 0 fully saturated rings. The molecule has 0 amide bonds. The molecule has 0 spiro atoms. The van der Waals surface area contributed by atoms with Gasteiger partial charge in [-0.05, 0) is 36.8 Å². The minimum absolute atomic E-state index is 0.564. The van der Waals surface area contributed by atoms with Crippen molar-refractivity contribution >= 4 is 32.7 Å². The highest BCUT2D eigenvalue weighted by Crippen LogP contribution is 2.24. The molecule has 0 unspecified atom stereocenters. The van der Waals surface area contributed by atoms with Gasteiger partial charge in [-0.15, -0.1) is 0 Å². The van der Waals surface area contributed by atoms with Crippen LogP contribution in [0.2, 0.25) is 0 Å². The fourth-order valence-corrected chi connectivity index (χ4v) is 1.69. The van der Waals surface area contributed by atoms with Crippen molar-refractivity contribution in [1.82, 2.24) is 4.98 Å². The van der Waals surface area contributed by atoms with Crippen molar-refractivity contribution in [3.63, 3.8) is 0 Å². The molecule has 66 valence electrons. The fourth-order valence-electron chi connectivity index (χ4n) is 1.34. The van der Waals surface area contributed by atoms with Crippen LogP contribution in [0.25, 0.3) is 10.9 Å². The van der Waals surface area contributed by atoms with Gasteiger partial charge in [0.25, 0.3) is 0 Å². The second kappa shape index (κ2) is 3.00. The summed E-state index contributed by atoms with van der Waals surface area (Å²) in [5.41, 5.74) is 7.73. The van der Waals surface area contributed by atoms with Gasteiger partial charge >= 0.3 is 0 Å². The molecule has 1 aromatic carbocycles. The third-order valence-corrected chi connectivity index (χ3v) is 2.96. The SMILES string of the molecule is Cc1c(Br)ccc2nc(N)ccc12. The highest BCUT2D eigenvalue weighted by molar-refractivity contribution is 9.10. The first-order chi connectivity index (χ1) is 6.18. The quantitative estimate of drug-likeness (QED) is 0.765. The number of benzene rings is 1. The van der Waals surface area contributed by atoms with Gasteiger partial charge in [0.2, 0.25) is 0 Å². The first-order valence-corrected chi connectivity index (χ1v) is 4.79. The van der Waals surface area contributed by atoms with E-state index in [9.17, 15) is 0 Å². The fraction of sp³-hybridized carbons (Fsp3) is 0.100. The number of pyridine rings is 1. The Labute approximate surface area is 84.9 Å². The predicted octanol–water partition coefficient (Wildman–Crippen LogP) is 2.89. The van der Waals surface area contributed by atoms with Crippen molar-refractivity contribution in [2.75, 3.05) is 5.73 Å². The van der Waals surface area contributed by atoms with Crippen LogP contribution in [0.5, 0.6) is 0 Å². The minimum Gasteiger partial charge on any atom is -0.384 e. The highest BCUT2D eigenvalue weighted by atomic mass is 79.9. The maximum absolute atomic E-state index is 5.59. The molecular formula is C10H9BrN2. The van der Waals surface area contributed by atoms with Gasteiger partial charge in [0, 0.05) is 9.86 Å². The molecule has 0 radical (unpaired) electrons. The normalized spacial score (nSPS) is 10.6. The van der Waals surface area contributed by atoms with E-state index in [1.165, 1.54) is 5.56 Å². The van der Waals surface area contributed by atoms with Gasteiger partial charge in [0.1, 0.15) is 5.82 Å². The van der Waals surface area contributed by atoms with Crippen LogP contribution in [0.1, 0.15) is 5.56 Å². The summed E-state index contributed by atoms with van der Waals surface area (Å²) in [6, 6.07) is 7.77. The summed E-state index contributed by atoms with van der Waals surface area (Å²) in [6.07, 6.45) is 0. The smallest absolute Gasteiger partial charge is 0.124 e. The molecule has 0 aliphatic heterocycles. The Morgan fingerprint density at radius 1 is 1.23 bits per heavy atom. The molecule has 1 heterocycles. The van der Waals surface area contributed by atoms with Gasteiger partial charge < -0.3 is 5.73 Å². The zero-order valence-corrected chi connectivity index (χ0v) is 8.80. The van der Waals surface area contributed by atoms with E-state index in [0.717, 1.165) is 15.4 Å². The number of rotatable bonds is 0. The van der Waals surface area contributed by atoms with Crippen LogP contribution < -0.4 is 5.73 Å². The summed E-state index contributed by atoms with van der Waals surface area (Å²) < 4.78 is 1.10. The van der Waals surface area contributed by atoms with E-state index in [2.05, 4.69) is 27.8 Å². The summed E-state index contributed by atoms with van der Waals surface area (Å²) in [7, 11) is 0. The Morgan fingerprint density at radius 3 is 2.77 bits per heavy atom. The number of nitrogens with two attached hydrogens (primary N) is 1. The van der Waals surface area contributed by atoms with Crippen molar-refractivity contribution in [2.45, 2.75) is 6.92 Å². The Kier molecular flexibility index (Phi) is 1.96. The molecule has 0 aliphatic carbocycles. The summed E-state index contributed by atoms with van der Waals surface area (Å²) in [5.74, 6) is 0.564. The lowest BCUT2D eigenvalue weighted by Crippen LogP contribution is -1.90. The van der Waals surface area contributed by atoms with Gasteiger partial charge in [-0.2, -0.15) is 0 Å². The van der Waals surface area contributed by atoms with E-state index in [-0.39, 0.29) is 0 Å². The first-order valence-electron chi connectivity index (χ1n) is 4.00. The van der Waals surface area contributed by atoms with Crippen LogP contribution in [0.4, 0.5) is 5.82 Å². The van der Waals surface area contributed by atoms with Crippen LogP contribution in [-0.4, -0.2) is 4.98 Å². The summed E-state index contributed by atoms with van der Waals surface area (Å²) in [4.78, 5) is 4.23. The molecule has 2 aromatic rings. The Hall–Kier alpha value is -1.09. The molecule has 2 rings (SSSR count). The number of halogens is 1. The molecule has 0 atom stereocenters. The van der Waals surface area contributed by atoms with Crippen LogP contribution >= 0.6 is 15.9 Å². The average molecular weight is 237 g/mol. The Balaban J connectivity index is 2.87. The first kappa shape index (κ1) is 8.51. The number of hydrogen-bond donors (Lipinski definition) is 1. The predicted molar refractivity (Wildman–Crippen MR) is 58.6 cm³/mol. The molecular weight excluding hydrogens is 228 g/mol. The molecule has 0 aliphatic rings. The summed E-state index contributed by atoms with van der Waals surface area (Å²) in [6.45, 7) is 2.06. The summed E-state index contributed by atoms with van der Waals surface area (Å²) in [5, 5.41) is 1.14. The van der Waals surface area contributed by atoms with Crippen molar-refractivity contribution in [3.8, 4) is 0 Å². The van der Waals surface area contributed by atoms with E-state index in [1.807, 2.05) is 24.3 Å². The Bertz CT molecular complexity index is 466. The maximum atomic E-state index is 5.59. The molecule has 0 saturated carbocycles. The van der Waals surface area contributed by atoms with Gasteiger partial charge in [-0.1, -0.05) is 15.9 Å². The topological polar surface area (TPSA) is 38.9 Å². The van der Waals surface area contributed by atoms with Crippen LogP contribution in [0.3, 0.4) is 0 Å². The maximum Gasteiger partial charge on any atom is 0.124 e. The van der Waals surface area contributed by atoms with Gasteiger partial charge in [-0.25, -0.2) is 4.98 Å². The van der Waals surface area contributed by atoms with Gasteiger partial charge in [-0.3, -0.25) is 0 Å². The molecule has 1 aromatic heterocycles. The number of nitrogen functional groups attached to an aromatic ring is 1. The zero-order valence-electron chi connectivity index (χ0n) is 7.21. The van der Waals surface area contributed by atoms with Crippen molar-refractivity contribution in [1.29, 1.82) is 0 Å². The molecule has 0 saturated heterocycles. The second-order valence-electron chi connectivity index (χ2n) is 2.98. The van der Waals surface area contributed by atoms with Crippen molar-refractivity contribution in [2.24, 2.45) is 0 Å². The molecule has 0 bridgehead atoms. The van der Waals surface area contributed by atoms with E-state index in [1.54, 1.807) is 0 Å². The molecule has 3 heteroatoms. The van der Waals surface area contributed by atoms with Crippen molar-refractivity contribution in [3.05, 3.63) is 34.3 Å². The lowest BCUT2D eigenvalue weighted by molar-refractivity contribution is 1.38. The highest BCUT2D eigenvalue weighted by Gasteiger charge is 2.01. The third kappa shape index (κ3) is 1.40. The van der Waals surface area contributed by atoms with Gasteiger partial charge in [0.15, 0.2) is 0 Å². The number of fused-ring (bicyclic) bond motifs is 1. The molecule has 2 nitrogen and oxygen atoms in total. The van der Waals surface area contributed by atoms with Crippen LogP contribution in [0, 0.1) is 6.92 Å².